The molecule has 37 heavy (non-hydrogen) atoms. The minimum Gasteiger partial charge on any atom is -0.264 e. The van der Waals surface area contributed by atoms with E-state index in [2.05, 4.69) is 31.0 Å². The van der Waals surface area contributed by atoms with Crippen LogP contribution in [-0.4, -0.2) is 38.7 Å². The molecule has 4 aliphatic carbocycles. The van der Waals surface area contributed by atoms with Crippen LogP contribution in [0.2, 0.25) is 0 Å². The Morgan fingerprint density at radius 3 is 2.38 bits per heavy atom. The second-order valence-corrected chi connectivity index (χ2v) is 15.2. The Morgan fingerprint density at radius 2 is 1.70 bits per heavy atom. The fourth-order valence-electron chi connectivity index (χ4n) is 9.13. The molecule has 214 valence electrons. The average Bonchev–Trinajstić information content (AvgIpc) is 3.14. The second kappa shape index (κ2) is 10.8. The van der Waals surface area contributed by atoms with Crippen molar-refractivity contribution in [2.24, 2.45) is 46.3 Å². The lowest BCUT2D eigenvalue weighted by atomic mass is 9.47. The monoisotopic (exact) mass is 562 g/mol. The van der Waals surface area contributed by atoms with Gasteiger partial charge in [0, 0.05) is 0 Å². The molecule has 3 saturated carbocycles. The predicted octanol–water partition coefficient (Wildman–Crippen LogP) is 6.02. The number of hydrogen-bond donors (Lipinski definition) is 2. The van der Waals surface area contributed by atoms with Crippen molar-refractivity contribution in [1.29, 1.82) is 0 Å². The average molecular weight is 563 g/mol. The zero-order valence-corrected chi connectivity index (χ0v) is 24.4. The first-order valence-corrected chi connectivity index (χ1v) is 16.8. The summed E-state index contributed by atoms with van der Waals surface area (Å²) in [4.78, 5) is 0. The van der Waals surface area contributed by atoms with Gasteiger partial charge in [-0.05, 0) is 104 Å². The summed E-state index contributed by atoms with van der Waals surface area (Å²) in [6.07, 6.45) is 13.1. The molecule has 4 rings (SSSR count). The highest BCUT2D eigenvalue weighted by Crippen LogP contribution is 2.67. The number of hydrogen-bond acceptors (Lipinski definition) is 6. The van der Waals surface area contributed by atoms with E-state index in [0.29, 0.717) is 47.8 Å². The molecule has 8 nitrogen and oxygen atoms in total. The second-order valence-electron chi connectivity index (χ2n) is 13.1. The van der Waals surface area contributed by atoms with Gasteiger partial charge >= 0.3 is 20.8 Å². The van der Waals surface area contributed by atoms with Gasteiger partial charge in [0.05, 0.1) is 12.7 Å². The van der Waals surface area contributed by atoms with Gasteiger partial charge in [-0.15, -0.1) is 0 Å². The quantitative estimate of drug-likeness (QED) is 0.245. The molecule has 2 N–H and O–H groups in total. The Kier molecular flexibility index (Phi) is 8.60. The third-order valence-corrected chi connectivity index (χ3v) is 11.9. The first-order chi connectivity index (χ1) is 17.1. The Bertz CT molecular complexity index is 1070. The Morgan fingerprint density at radius 1 is 0.973 bits per heavy atom. The number of allylic oxidation sites excluding steroid dienone is 1. The van der Waals surface area contributed by atoms with E-state index >= 15 is 0 Å². The van der Waals surface area contributed by atoms with E-state index in [9.17, 15) is 16.8 Å². The van der Waals surface area contributed by atoms with Gasteiger partial charge in [0.15, 0.2) is 0 Å². The highest BCUT2D eigenvalue weighted by atomic mass is 32.3. The molecule has 0 aromatic carbocycles. The first kappa shape index (κ1) is 29.5. The Balaban J connectivity index is 1.37. The van der Waals surface area contributed by atoms with Crippen LogP contribution in [0.5, 0.6) is 0 Å². The van der Waals surface area contributed by atoms with Crippen LogP contribution in [0.15, 0.2) is 11.6 Å². The van der Waals surface area contributed by atoms with Gasteiger partial charge in [0.25, 0.3) is 0 Å². The fourth-order valence-corrected chi connectivity index (χ4v) is 10.0. The standard InChI is InChI=1S/C27H46O8S2/c1-18(17-34-36(28,29)30)6-5-7-19(2)23-10-11-24-22-9-8-20-16-21(35-37(31,32)33)12-14-26(20,3)25(22)13-15-27(23,24)4/h8,18-19,21-25H,5-7,9-17H2,1-4H3,(H,28,29,30)(H,31,32,33)/t18?,19-,21+,22+,23-,24+,25+,26+,27-/m1/s1. The van der Waals surface area contributed by atoms with Gasteiger partial charge in [-0.25, -0.2) is 8.37 Å². The van der Waals surface area contributed by atoms with E-state index in [4.69, 9.17) is 13.3 Å². The third kappa shape index (κ3) is 6.46. The number of fused-ring (bicyclic) bond motifs is 5. The van der Waals surface area contributed by atoms with Crippen molar-refractivity contribution in [3.05, 3.63) is 11.6 Å². The van der Waals surface area contributed by atoms with Crippen LogP contribution in [0, 0.1) is 46.3 Å². The molecule has 1 unspecified atom stereocenters. The first-order valence-electron chi connectivity index (χ1n) is 14.1. The van der Waals surface area contributed by atoms with Crippen LogP contribution in [0.25, 0.3) is 0 Å². The molecule has 0 bridgehead atoms. The highest BCUT2D eigenvalue weighted by Gasteiger charge is 2.59. The molecule has 10 heteroatoms. The van der Waals surface area contributed by atoms with Crippen molar-refractivity contribution >= 4 is 20.8 Å². The minimum atomic E-state index is -4.43. The fraction of sp³-hybridized carbons (Fsp3) is 0.926. The van der Waals surface area contributed by atoms with Crippen LogP contribution in [-0.2, 0) is 29.2 Å². The van der Waals surface area contributed by atoms with E-state index in [1.807, 2.05) is 6.92 Å². The summed E-state index contributed by atoms with van der Waals surface area (Å²) in [5.74, 6) is 3.39. The molecule has 0 heterocycles. The van der Waals surface area contributed by atoms with E-state index in [-0.39, 0.29) is 17.9 Å². The summed E-state index contributed by atoms with van der Waals surface area (Å²) >= 11 is 0. The maximum Gasteiger partial charge on any atom is 0.397 e. The van der Waals surface area contributed by atoms with Crippen molar-refractivity contribution < 1.29 is 34.3 Å². The van der Waals surface area contributed by atoms with Gasteiger partial charge in [-0.3, -0.25) is 9.11 Å². The smallest absolute Gasteiger partial charge is 0.264 e. The molecule has 9 atom stereocenters. The van der Waals surface area contributed by atoms with Gasteiger partial charge in [-0.2, -0.15) is 16.8 Å². The molecule has 0 aromatic heterocycles. The lowest BCUT2D eigenvalue weighted by Crippen LogP contribution is -2.51. The maximum absolute atomic E-state index is 11.3. The van der Waals surface area contributed by atoms with E-state index in [1.54, 1.807) is 0 Å². The lowest BCUT2D eigenvalue weighted by Gasteiger charge is -2.58. The van der Waals surface area contributed by atoms with Crippen molar-refractivity contribution in [3.8, 4) is 0 Å². The van der Waals surface area contributed by atoms with E-state index < -0.39 is 26.9 Å². The summed E-state index contributed by atoms with van der Waals surface area (Å²) in [6.45, 7) is 9.28. The SMILES string of the molecule is CC(CCC[C@@H](C)[C@H]1CC[C@H]2[C@@H]3CC=C4C[C@@H](OS(=O)(=O)O)CC[C@]4(C)[C@H]3CC[C@]12C)COS(=O)(=O)O. The maximum atomic E-state index is 11.3. The molecule has 0 spiro atoms. The van der Waals surface area contributed by atoms with Crippen molar-refractivity contribution in [2.75, 3.05) is 6.61 Å². The molecular weight excluding hydrogens is 516 g/mol. The van der Waals surface area contributed by atoms with Gasteiger partial charge < -0.3 is 0 Å². The summed E-state index contributed by atoms with van der Waals surface area (Å²) in [5, 5.41) is 0. The zero-order chi connectivity index (χ0) is 27.2. The lowest BCUT2D eigenvalue weighted by molar-refractivity contribution is -0.0560. The van der Waals surface area contributed by atoms with Crippen molar-refractivity contribution in [3.63, 3.8) is 0 Å². The Hall–Kier alpha value is -0.520. The van der Waals surface area contributed by atoms with Gasteiger partial charge in [0.2, 0.25) is 0 Å². The van der Waals surface area contributed by atoms with E-state index in [0.717, 1.165) is 32.1 Å². The number of rotatable bonds is 10. The topological polar surface area (TPSA) is 127 Å². The molecule has 0 saturated heterocycles. The van der Waals surface area contributed by atoms with Gasteiger partial charge in [-0.1, -0.05) is 52.2 Å². The highest BCUT2D eigenvalue weighted by molar-refractivity contribution is 7.81. The molecule has 0 radical (unpaired) electrons. The van der Waals surface area contributed by atoms with Gasteiger partial charge in [0.1, 0.15) is 0 Å². The summed E-state index contributed by atoms with van der Waals surface area (Å²) in [6, 6.07) is 0. The normalized spacial score (nSPS) is 39.7. The van der Waals surface area contributed by atoms with Crippen LogP contribution in [0.3, 0.4) is 0 Å². The summed E-state index contributed by atoms with van der Waals surface area (Å²) in [5.41, 5.74) is 1.76. The molecule has 0 aliphatic heterocycles. The van der Waals surface area contributed by atoms with Crippen LogP contribution in [0.1, 0.15) is 98.3 Å². The zero-order valence-electron chi connectivity index (χ0n) is 22.8. The molecule has 4 aliphatic rings. The minimum absolute atomic E-state index is 0.0243. The predicted molar refractivity (Wildman–Crippen MR) is 141 cm³/mol. The van der Waals surface area contributed by atoms with Crippen LogP contribution >= 0.6 is 0 Å². The summed E-state index contributed by atoms with van der Waals surface area (Å²) < 4.78 is 71.6. The largest absolute Gasteiger partial charge is 0.397 e. The van der Waals surface area contributed by atoms with E-state index in [1.165, 1.54) is 31.3 Å². The molecule has 0 amide bonds. The Labute approximate surface area is 223 Å². The molecule has 3 fully saturated rings. The van der Waals surface area contributed by atoms with Crippen LogP contribution < -0.4 is 0 Å². The molecular formula is C27H46O8S2. The third-order valence-electron chi connectivity index (χ3n) is 10.9. The van der Waals surface area contributed by atoms with Crippen molar-refractivity contribution in [1.82, 2.24) is 0 Å². The molecule has 0 aromatic rings. The van der Waals surface area contributed by atoms with Crippen LogP contribution in [0.4, 0.5) is 0 Å². The van der Waals surface area contributed by atoms with Crippen molar-refractivity contribution in [2.45, 2.75) is 104 Å². The summed E-state index contributed by atoms with van der Waals surface area (Å²) in [7, 11) is -8.80.